The third-order valence-electron chi connectivity index (χ3n) is 3.83. The Bertz CT molecular complexity index is 961. The summed E-state index contributed by atoms with van der Waals surface area (Å²) in [5.41, 5.74) is 5.07. The SMILES string of the molecule is CC(=O)c1c(C)oc(NC(=O)c2ccc(N(C)C)c([N+](=O)[O-])c2)c1C(N)=O. The van der Waals surface area contributed by atoms with Crippen LogP contribution >= 0.6 is 0 Å². The number of carbonyl (C=O) groups is 3. The van der Waals surface area contributed by atoms with Gasteiger partial charge in [-0.05, 0) is 26.0 Å². The lowest BCUT2D eigenvalue weighted by Gasteiger charge is -2.13. The first-order chi connectivity index (χ1) is 12.5. The number of nitro groups is 1. The average Bonchev–Trinajstić information content (AvgIpc) is 2.90. The number of aryl methyl sites for hydroxylation is 1. The average molecular weight is 374 g/mol. The van der Waals surface area contributed by atoms with Crippen LogP contribution in [0.3, 0.4) is 0 Å². The lowest BCUT2D eigenvalue weighted by Crippen LogP contribution is -2.19. The molecule has 0 aliphatic carbocycles. The Labute approximate surface area is 154 Å². The number of anilines is 2. The van der Waals surface area contributed by atoms with Crippen molar-refractivity contribution in [1.82, 2.24) is 0 Å². The maximum atomic E-state index is 12.5. The van der Waals surface area contributed by atoms with Crippen molar-refractivity contribution in [3.8, 4) is 0 Å². The molecular formula is C17H18N4O6. The molecule has 0 spiro atoms. The minimum absolute atomic E-state index is 0.0215. The molecule has 0 atom stereocenters. The Morgan fingerprint density at radius 2 is 1.85 bits per heavy atom. The third kappa shape index (κ3) is 3.78. The molecule has 0 aliphatic heterocycles. The summed E-state index contributed by atoms with van der Waals surface area (Å²) in [5.74, 6) is -2.30. The zero-order valence-electron chi connectivity index (χ0n) is 15.2. The molecule has 142 valence electrons. The van der Waals surface area contributed by atoms with Gasteiger partial charge in [0.05, 0.1) is 10.5 Å². The van der Waals surface area contributed by atoms with E-state index < -0.39 is 22.5 Å². The number of benzene rings is 1. The topological polar surface area (TPSA) is 149 Å². The van der Waals surface area contributed by atoms with Gasteiger partial charge in [-0.25, -0.2) is 0 Å². The summed E-state index contributed by atoms with van der Waals surface area (Å²) in [6.07, 6.45) is 0. The van der Waals surface area contributed by atoms with Gasteiger partial charge in [-0.3, -0.25) is 29.8 Å². The van der Waals surface area contributed by atoms with E-state index in [2.05, 4.69) is 5.32 Å². The van der Waals surface area contributed by atoms with Crippen molar-refractivity contribution in [2.75, 3.05) is 24.3 Å². The van der Waals surface area contributed by atoms with E-state index in [1.807, 2.05) is 0 Å². The van der Waals surface area contributed by atoms with Crippen LogP contribution < -0.4 is 16.0 Å². The fourth-order valence-corrected chi connectivity index (χ4v) is 2.66. The van der Waals surface area contributed by atoms with E-state index in [0.717, 1.165) is 6.07 Å². The molecule has 10 nitrogen and oxygen atoms in total. The van der Waals surface area contributed by atoms with Gasteiger partial charge < -0.3 is 15.1 Å². The summed E-state index contributed by atoms with van der Waals surface area (Å²) in [7, 11) is 3.27. The molecule has 2 aromatic rings. The molecule has 10 heteroatoms. The summed E-state index contributed by atoms with van der Waals surface area (Å²) in [5, 5.41) is 13.6. The molecule has 0 fully saturated rings. The number of amides is 2. The number of hydrogen-bond acceptors (Lipinski definition) is 7. The van der Waals surface area contributed by atoms with E-state index >= 15 is 0 Å². The quantitative estimate of drug-likeness (QED) is 0.447. The molecule has 1 heterocycles. The van der Waals surface area contributed by atoms with Gasteiger partial charge in [0.2, 0.25) is 5.88 Å². The van der Waals surface area contributed by atoms with Gasteiger partial charge in [-0.15, -0.1) is 0 Å². The van der Waals surface area contributed by atoms with E-state index in [4.69, 9.17) is 10.2 Å². The number of hydrogen-bond donors (Lipinski definition) is 2. The lowest BCUT2D eigenvalue weighted by molar-refractivity contribution is -0.384. The minimum Gasteiger partial charge on any atom is -0.444 e. The van der Waals surface area contributed by atoms with Crippen LogP contribution in [0, 0.1) is 17.0 Å². The third-order valence-corrected chi connectivity index (χ3v) is 3.83. The first-order valence-electron chi connectivity index (χ1n) is 7.75. The van der Waals surface area contributed by atoms with Crippen LogP contribution in [0.1, 0.15) is 43.8 Å². The van der Waals surface area contributed by atoms with Crippen molar-refractivity contribution < 1.29 is 23.7 Å². The van der Waals surface area contributed by atoms with Gasteiger partial charge in [0.15, 0.2) is 5.78 Å². The highest BCUT2D eigenvalue weighted by Crippen LogP contribution is 2.30. The van der Waals surface area contributed by atoms with E-state index in [0.29, 0.717) is 5.69 Å². The number of nitrogens with zero attached hydrogens (tertiary/aromatic N) is 2. The molecule has 2 rings (SSSR count). The maximum Gasteiger partial charge on any atom is 0.293 e. The molecule has 0 radical (unpaired) electrons. The number of rotatable bonds is 6. The summed E-state index contributed by atoms with van der Waals surface area (Å²) >= 11 is 0. The van der Waals surface area contributed by atoms with Crippen LogP contribution in [0.15, 0.2) is 22.6 Å². The molecule has 1 aromatic heterocycles. The van der Waals surface area contributed by atoms with Crippen LogP contribution in [0.5, 0.6) is 0 Å². The Hall–Kier alpha value is -3.69. The number of carbonyl (C=O) groups excluding carboxylic acids is 3. The van der Waals surface area contributed by atoms with Gasteiger partial charge in [0, 0.05) is 25.7 Å². The molecule has 3 N–H and O–H groups in total. The van der Waals surface area contributed by atoms with Crippen LogP contribution in [-0.4, -0.2) is 36.6 Å². The molecule has 0 saturated heterocycles. The molecule has 0 unspecified atom stereocenters. The fraction of sp³-hybridized carbons (Fsp3) is 0.235. The van der Waals surface area contributed by atoms with E-state index in [-0.39, 0.29) is 34.0 Å². The van der Waals surface area contributed by atoms with Crippen LogP contribution in [-0.2, 0) is 0 Å². The van der Waals surface area contributed by atoms with Gasteiger partial charge in [-0.1, -0.05) is 0 Å². The number of ketones is 1. The molecule has 27 heavy (non-hydrogen) atoms. The standard InChI is InChI=1S/C17H18N4O6/c1-8(22)13-9(2)27-17(14(13)15(18)23)19-16(24)10-5-6-11(20(3)4)12(7-10)21(25)26/h5-7H,1-4H3,(H2,18,23)(H,19,24). The summed E-state index contributed by atoms with van der Waals surface area (Å²) < 4.78 is 5.30. The van der Waals surface area contributed by atoms with Gasteiger partial charge in [-0.2, -0.15) is 0 Å². The van der Waals surface area contributed by atoms with Gasteiger partial charge >= 0.3 is 0 Å². The predicted octanol–water partition coefficient (Wildman–Crippen LogP) is 2.12. The second-order valence-corrected chi connectivity index (χ2v) is 5.97. The van der Waals surface area contributed by atoms with E-state index in [9.17, 15) is 24.5 Å². The fourth-order valence-electron chi connectivity index (χ4n) is 2.66. The van der Waals surface area contributed by atoms with Gasteiger partial charge in [0.25, 0.3) is 17.5 Å². The van der Waals surface area contributed by atoms with Crippen molar-refractivity contribution in [1.29, 1.82) is 0 Å². The Kier molecular flexibility index (Phi) is 5.29. The predicted molar refractivity (Wildman–Crippen MR) is 97.3 cm³/mol. The van der Waals surface area contributed by atoms with Gasteiger partial charge in [0.1, 0.15) is 17.0 Å². The molecule has 0 aliphatic rings. The number of nitro benzene ring substituents is 1. The zero-order chi connectivity index (χ0) is 20.5. The van der Waals surface area contributed by atoms with Crippen molar-refractivity contribution in [3.05, 3.63) is 50.8 Å². The highest BCUT2D eigenvalue weighted by molar-refractivity contribution is 6.13. The molecule has 1 aromatic carbocycles. The van der Waals surface area contributed by atoms with Crippen LogP contribution in [0.25, 0.3) is 0 Å². The second-order valence-electron chi connectivity index (χ2n) is 5.97. The van der Waals surface area contributed by atoms with Crippen LogP contribution in [0.2, 0.25) is 0 Å². The number of nitrogens with one attached hydrogen (secondary N) is 1. The lowest BCUT2D eigenvalue weighted by atomic mass is 10.1. The first-order valence-corrected chi connectivity index (χ1v) is 7.75. The van der Waals surface area contributed by atoms with Crippen molar-refractivity contribution in [2.24, 2.45) is 5.73 Å². The summed E-state index contributed by atoms with van der Waals surface area (Å²) in [6, 6.07) is 3.93. The second kappa shape index (κ2) is 7.28. The Morgan fingerprint density at radius 1 is 1.22 bits per heavy atom. The molecule has 0 saturated carbocycles. The molecule has 2 amide bonds. The number of furan rings is 1. The van der Waals surface area contributed by atoms with E-state index in [1.165, 1.54) is 26.0 Å². The number of nitrogens with two attached hydrogens (primary N) is 1. The van der Waals surface area contributed by atoms with Crippen molar-refractivity contribution in [3.63, 3.8) is 0 Å². The normalized spacial score (nSPS) is 10.4. The highest BCUT2D eigenvalue weighted by atomic mass is 16.6. The molecular weight excluding hydrogens is 356 g/mol. The summed E-state index contributed by atoms with van der Waals surface area (Å²) in [4.78, 5) is 48.1. The highest BCUT2D eigenvalue weighted by Gasteiger charge is 2.27. The van der Waals surface area contributed by atoms with Crippen LogP contribution in [0.4, 0.5) is 17.3 Å². The maximum absolute atomic E-state index is 12.5. The van der Waals surface area contributed by atoms with E-state index in [1.54, 1.807) is 19.0 Å². The zero-order valence-corrected chi connectivity index (χ0v) is 15.2. The molecule has 0 bridgehead atoms. The Morgan fingerprint density at radius 3 is 2.33 bits per heavy atom. The first kappa shape index (κ1) is 19.6. The Balaban J connectivity index is 2.46. The monoisotopic (exact) mass is 374 g/mol. The number of primary amides is 1. The minimum atomic E-state index is -0.943. The van der Waals surface area contributed by atoms with Crippen molar-refractivity contribution >= 4 is 34.9 Å². The van der Waals surface area contributed by atoms with Crippen molar-refractivity contribution in [2.45, 2.75) is 13.8 Å². The summed E-state index contributed by atoms with van der Waals surface area (Å²) in [6.45, 7) is 2.69. The largest absolute Gasteiger partial charge is 0.444 e. The number of Topliss-reactive ketones (excluding diaryl/α,β-unsaturated/α-hetero) is 1. The smallest absolute Gasteiger partial charge is 0.293 e.